The number of aryl methyl sites for hydroxylation is 4. The maximum Gasteiger partial charge on any atom is 0.125 e. The molecule has 0 heterocycles. The number of benzene rings is 2. The topological polar surface area (TPSA) is 35.2 Å². The Hall–Kier alpha value is -1.80. The highest BCUT2D eigenvalue weighted by atomic mass is 16.5. The lowest BCUT2D eigenvalue weighted by Crippen LogP contribution is -2.07. The summed E-state index contributed by atoms with van der Waals surface area (Å²) in [5, 5.41) is 0. The highest BCUT2D eigenvalue weighted by Gasteiger charge is 2.09. The van der Waals surface area contributed by atoms with Crippen LogP contribution in [0.5, 0.6) is 5.75 Å². The van der Waals surface area contributed by atoms with Crippen LogP contribution in [-0.4, -0.2) is 6.54 Å². The lowest BCUT2D eigenvalue weighted by molar-refractivity contribution is 0.299. The second-order valence-electron chi connectivity index (χ2n) is 5.77. The summed E-state index contributed by atoms with van der Waals surface area (Å²) in [5.74, 6) is 0.988. The van der Waals surface area contributed by atoms with Crippen LogP contribution in [0.25, 0.3) is 0 Å². The third kappa shape index (κ3) is 3.64. The molecule has 0 fully saturated rings. The van der Waals surface area contributed by atoms with Crippen LogP contribution in [0.4, 0.5) is 0 Å². The van der Waals surface area contributed by atoms with Crippen LogP contribution in [0, 0.1) is 27.7 Å². The molecule has 0 saturated heterocycles. The number of nitrogens with two attached hydrogens (primary N) is 1. The molecule has 0 aliphatic rings. The molecule has 0 aliphatic carbocycles. The van der Waals surface area contributed by atoms with Gasteiger partial charge in [0.05, 0.1) is 0 Å². The van der Waals surface area contributed by atoms with Gasteiger partial charge in [0.15, 0.2) is 0 Å². The van der Waals surface area contributed by atoms with Gasteiger partial charge >= 0.3 is 0 Å². The lowest BCUT2D eigenvalue weighted by Gasteiger charge is -2.16. The summed E-state index contributed by atoms with van der Waals surface area (Å²) < 4.78 is 6.15. The molecule has 0 spiro atoms. The van der Waals surface area contributed by atoms with Crippen molar-refractivity contribution in [2.75, 3.05) is 6.54 Å². The second kappa shape index (κ2) is 6.77. The first-order valence-corrected chi connectivity index (χ1v) is 7.51. The number of hydrogen-bond acceptors (Lipinski definition) is 2. The predicted molar refractivity (Wildman–Crippen MR) is 88.9 cm³/mol. The summed E-state index contributed by atoms with van der Waals surface area (Å²) >= 11 is 0. The van der Waals surface area contributed by atoms with Crippen molar-refractivity contribution in [1.29, 1.82) is 0 Å². The molecule has 0 radical (unpaired) electrons. The van der Waals surface area contributed by atoms with E-state index >= 15 is 0 Å². The van der Waals surface area contributed by atoms with Gasteiger partial charge in [-0.3, -0.25) is 0 Å². The van der Waals surface area contributed by atoms with E-state index in [-0.39, 0.29) is 0 Å². The molecule has 0 unspecified atom stereocenters. The molecule has 2 aromatic rings. The first-order chi connectivity index (χ1) is 10.0. The van der Waals surface area contributed by atoms with Crippen molar-refractivity contribution in [3.63, 3.8) is 0 Å². The zero-order valence-electron chi connectivity index (χ0n) is 13.5. The quantitative estimate of drug-likeness (QED) is 0.900. The zero-order chi connectivity index (χ0) is 15.4. The largest absolute Gasteiger partial charge is 0.488 e. The van der Waals surface area contributed by atoms with E-state index in [0.717, 1.165) is 12.2 Å². The molecule has 21 heavy (non-hydrogen) atoms. The molecule has 2 heteroatoms. The second-order valence-corrected chi connectivity index (χ2v) is 5.77. The smallest absolute Gasteiger partial charge is 0.125 e. The highest BCUT2D eigenvalue weighted by Crippen LogP contribution is 2.26. The minimum Gasteiger partial charge on any atom is -0.488 e. The summed E-state index contributed by atoms with van der Waals surface area (Å²) in [6.45, 7) is 9.77. The van der Waals surface area contributed by atoms with Gasteiger partial charge in [-0.1, -0.05) is 35.9 Å². The van der Waals surface area contributed by atoms with E-state index in [0.29, 0.717) is 13.2 Å². The van der Waals surface area contributed by atoms with Gasteiger partial charge in [0.2, 0.25) is 0 Å². The zero-order valence-corrected chi connectivity index (χ0v) is 13.5. The Bertz CT molecular complexity index is 608. The Morgan fingerprint density at radius 3 is 2.24 bits per heavy atom. The minimum absolute atomic E-state index is 0.611. The maximum atomic E-state index is 6.15. The van der Waals surface area contributed by atoms with Gasteiger partial charge in [-0.2, -0.15) is 0 Å². The van der Waals surface area contributed by atoms with Crippen molar-refractivity contribution >= 4 is 0 Å². The third-order valence-corrected chi connectivity index (χ3v) is 3.91. The normalized spacial score (nSPS) is 10.7. The molecule has 0 saturated carbocycles. The minimum atomic E-state index is 0.611. The standard InChI is InChI=1S/C19H25NO/c1-13-10-15(3)18(16(4)11-13)12-21-19-14(2)6-5-7-17(19)8-9-20/h5-7,10-11H,8-9,12,20H2,1-4H3. The highest BCUT2D eigenvalue weighted by molar-refractivity contribution is 5.42. The SMILES string of the molecule is Cc1cc(C)c(COc2c(C)cccc2CCN)c(C)c1. The summed E-state index contributed by atoms with van der Waals surface area (Å²) in [4.78, 5) is 0. The van der Waals surface area contributed by atoms with Crippen LogP contribution in [0.2, 0.25) is 0 Å². The van der Waals surface area contributed by atoms with E-state index in [1.807, 2.05) is 0 Å². The number of rotatable bonds is 5. The average Bonchev–Trinajstić information content (AvgIpc) is 2.40. The monoisotopic (exact) mass is 283 g/mol. The first kappa shape index (κ1) is 15.6. The van der Waals surface area contributed by atoms with Crippen LogP contribution >= 0.6 is 0 Å². The Kier molecular flexibility index (Phi) is 5.03. The fraction of sp³-hybridized carbons (Fsp3) is 0.368. The van der Waals surface area contributed by atoms with Gasteiger partial charge in [-0.05, 0) is 68.5 Å². The summed E-state index contributed by atoms with van der Waals surface area (Å²) in [6.07, 6.45) is 0.850. The van der Waals surface area contributed by atoms with E-state index in [2.05, 4.69) is 58.0 Å². The molecule has 2 aromatic carbocycles. The van der Waals surface area contributed by atoms with Gasteiger partial charge in [-0.15, -0.1) is 0 Å². The summed E-state index contributed by atoms with van der Waals surface area (Å²) in [5.41, 5.74) is 13.2. The fourth-order valence-electron chi connectivity index (χ4n) is 2.85. The lowest BCUT2D eigenvalue weighted by atomic mass is 10.0. The fourth-order valence-corrected chi connectivity index (χ4v) is 2.85. The molecular weight excluding hydrogens is 258 g/mol. The number of ether oxygens (including phenoxy) is 1. The van der Waals surface area contributed by atoms with Crippen LogP contribution in [0.1, 0.15) is 33.4 Å². The van der Waals surface area contributed by atoms with E-state index in [1.165, 1.54) is 33.4 Å². The van der Waals surface area contributed by atoms with Gasteiger partial charge in [0.1, 0.15) is 12.4 Å². The molecule has 2 nitrogen and oxygen atoms in total. The van der Waals surface area contributed by atoms with E-state index in [9.17, 15) is 0 Å². The molecule has 0 aliphatic heterocycles. The van der Waals surface area contributed by atoms with Crippen molar-refractivity contribution in [2.45, 2.75) is 40.7 Å². The van der Waals surface area contributed by atoms with Crippen LogP contribution in [0.3, 0.4) is 0 Å². The number of hydrogen-bond donors (Lipinski definition) is 1. The Morgan fingerprint density at radius 2 is 1.62 bits per heavy atom. The Labute approximate surface area is 127 Å². The van der Waals surface area contributed by atoms with Gasteiger partial charge < -0.3 is 10.5 Å². The van der Waals surface area contributed by atoms with Crippen molar-refractivity contribution in [1.82, 2.24) is 0 Å². The van der Waals surface area contributed by atoms with E-state index < -0.39 is 0 Å². The summed E-state index contributed by atoms with van der Waals surface area (Å²) in [6, 6.07) is 10.7. The summed E-state index contributed by atoms with van der Waals surface area (Å²) in [7, 11) is 0. The predicted octanol–water partition coefficient (Wildman–Crippen LogP) is 4.00. The van der Waals surface area contributed by atoms with Crippen molar-refractivity contribution in [2.24, 2.45) is 5.73 Å². The molecular formula is C19H25NO. The van der Waals surface area contributed by atoms with Crippen molar-refractivity contribution < 1.29 is 4.74 Å². The molecule has 0 aromatic heterocycles. The van der Waals surface area contributed by atoms with E-state index in [1.54, 1.807) is 0 Å². The van der Waals surface area contributed by atoms with Gasteiger partial charge in [0, 0.05) is 0 Å². The molecule has 0 atom stereocenters. The van der Waals surface area contributed by atoms with Crippen LogP contribution in [0.15, 0.2) is 30.3 Å². The van der Waals surface area contributed by atoms with E-state index in [4.69, 9.17) is 10.5 Å². The Balaban J connectivity index is 2.25. The third-order valence-electron chi connectivity index (χ3n) is 3.91. The number of para-hydroxylation sites is 1. The molecule has 112 valence electrons. The van der Waals surface area contributed by atoms with Crippen LogP contribution < -0.4 is 10.5 Å². The van der Waals surface area contributed by atoms with Gasteiger partial charge in [-0.25, -0.2) is 0 Å². The van der Waals surface area contributed by atoms with Crippen molar-refractivity contribution in [3.8, 4) is 5.75 Å². The average molecular weight is 283 g/mol. The van der Waals surface area contributed by atoms with Gasteiger partial charge in [0.25, 0.3) is 0 Å². The Morgan fingerprint density at radius 1 is 0.952 bits per heavy atom. The van der Waals surface area contributed by atoms with Crippen LogP contribution in [-0.2, 0) is 13.0 Å². The molecule has 0 amide bonds. The first-order valence-electron chi connectivity index (χ1n) is 7.51. The maximum absolute atomic E-state index is 6.15. The molecule has 0 bridgehead atoms. The molecule has 2 N–H and O–H groups in total. The molecule has 2 rings (SSSR count). The van der Waals surface area contributed by atoms with Crippen molar-refractivity contribution in [3.05, 3.63) is 63.7 Å².